The number of fused-ring (bicyclic) bond motifs is 1. The highest BCUT2D eigenvalue weighted by atomic mass is 16.6. The van der Waals surface area contributed by atoms with Gasteiger partial charge in [-0.25, -0.2) is 4.98 Å². The van der Waals surface area contributed by atoms with Crippen LogP contribution in [0.5, 0.6) is 11.6 Å². The Bertz CT molecular complexity index is 1110. The predicted molar refractivity (Wildman–Crippen MR) is 121 cm³/mol. The zero-order valence-electron chi connectivity index (χ0n) is 18.2. The number of aromatic nitrogens is 2. The highest BCUT2D eigenvalue weighted by Gasteiger charge is 2.39. The van der Waals surface area contributed by atoms with E-state index in [2.05, 4.69) is 48.3 Å². The summed E-state index contributed by atoms with van der Waals surface area (Å²) >= 11 is 0. The van der Waals surface area contributed by atoms with E-state index in [1.807, 2.05) is 36.4 Å². The number of hydrogen-bond acceptors (Lipinski definition) is 7. The fourth-order valence-corrected chi connectivity index (χ4v) is 4.71. The lowest BCUT2D eigenvalue weighted by molar-refractivity contribution is -0.385. The van der Waals surface area contributed by atoms with Crippen LogP contribution in [0.2, 0.25) is 0 Å². The number of piperidine rings is 1. The Morgan fingerprint density at radius 1 is 1.06 bits per heavy atom. The highest BCUT2D eigenvalue weighted by Crippen LogP contribution is 2.38. The Kier molecular flexibility index (Phi) is 5.26. The highest BCUT2D eigenvalue weighted by molar-refractivity contribution is 5.88. The van der Waals surface area contributed by atoms with Crippen molar-refractivity contribution in [3.8, 4) is 11.6 Å². The number of hydrogen-bond donors (Lipinski definition) is 2. The average molecular weight is 422 g/mol. The van der Waals surface area contributed by atoms with Gasteiger partial charge >= 0.3 is 11.6 Å². The molecule has 1 aromatic heterocycles. The minimum Gasteiger partial charge on any atom is -0.433 e. The fraction of sp³-hybridized carbons (Fsp3) is 0.391. The Labute approximate surface area is 181 Å². The first-order valence-corrected chi connectivity index (χ1v) is 10.3. The Balaban J connectivity index is 1.68. The van der Waals surface area contributed by atoms with Crippen LogP contribution in [0.25, 0.3) is 10.8 Å². The van der Waals surface area contributed by atoms with Gasteiger partial charge in [-0.3, -0.25) is 10.1 Å². The van der Waals surface area contributed by atoms with Crippen molar-refractivity contribution >= 4 is 22.3 Å². The minimum atomic E-state index is -0.486. The van der Waals surface area contributed by atoms with E-state index in [0.29, 0.717) is 5.75 Å². The maximum atomic E-state index is 12.0. The Morgan fingerprint density at radius 3 is 2.45 bits per heavy atom. The zero-order chi connectivity index (χ0) is 22.2. The van der Waals surface area contributed by atoms with Crippen molar-refractivity contribution in [2.45, 2.75) is 57.7 Å². The number of benzene rings is 2. The number of nitrogens with one attached hydrogen (secondary N) is 2. The largest absolute Gasteiger partial charge is 0.433 e. The van der Waals surface area contributed by atoms with Gasteiger partial charge in [0, 0.05) is 22.5 Å². The summed E-state index contributed by atoms with van der Waals surface area (Å²) in [5, 5.41) is 20.7. The molecule has 31 heavy (non-hydrogen) atoms. The number of nitrogens with zero attached hydrogens (tertiary/aromatic N) is 3. The summed E-state index contributed by atoms with van der Waals surface area (Å²) in [6.45, 7) is 8.52. The molecular formula is C23H27N5O3. The third kappa shape index (κ3) is 4.59. The summed E-state index contributed by atoms with van der Waals surface area (Å²) < 4.78 is 5.95. The van der Waals surface area contributed by atoms with Gasteiger partial charge in [0.05, 0.1) is 4.92 Å². The van der Waals surface area contributed by atoms with Gasteiger partial charge in [0.1, 0.15) is 12.1 Å². The van der Waals surface area contributed by atoms with Gasteiger partial charge in [-0.2, -0.15) is 4.98 Å². The third-order valence-electron chi connectivity index (χ3n) is 5.46. The molecule has 8 nitrogen and oxygen atoms in total. The molecule has 3 aromatic rings. The van der Waals surface area contributed by atoms with E-state index in [1.54, 1.807) is 6.07 Å². The van der Waals surface area contributed by atoms with E-state index in [0.717, 1.165) is 23.6 Å². The maximum Gasteiger partial charge on any atom is 0.373 e. The van der Waals surface area contributed by atoms with E-state index in [4.69, 9.17) is 4.74 Å². The Morgan fingerprint density at radius 2 is 1.74 bits per heavy atom. The minimum absolute atomic E-state index is 0.0188. The standard InChI is InChI=1S/C23H27N5O3/c1-22(2)12-16(13-23(3,4)27-22)26-20-19(28(29)30)21(25-14-24-20)31-18-11-7-9-15-8-5-6-10-17(15)18/h5-11,14,16,27H,12-13H2,1-4H3,(H,24,25,26). The molecule has 0 radical (unpaired) electrons. The van der Waals surface area contributed by atoms with Crippen LogP contribution in [0, 0.1) is 10.1 Å². The van der Waals surface area contributed by atoms with Crippen molar-refractivity contribution in [1.29, 1.82) is 0 Å². The van der Waals surface area contributed by atoms with Crippen LogP contribution in [0.4, 0.5) is 11.5 Å². The van der Waals surface area contributed by atoms with Crippen LogP contribution in [0.15, 0.2) is 48.8 Å². The van der Waals surface area contributed by atoms with E-state index in [1.165, 1.54) is 6.33 Å². The van der Waals surface area contributed by atoms with Gasteiger partial charge in [0.25, 0.3) is 0 Å². The molecule has 0 spiro atoms. The van der Waals surface area contributed by atoms with Crippen molar-refractivity contribution < 1.29 is 9.66 Å². The number of ether oxygens (including phenoxy) is 1. The Hall–Kier alpha value is -3.26. The summed E-state index contributed by atoms with van der Waals surface area (Å²) in [5.41, 5.74) is -0.475. The molecule has 2 heterocycles. The fourth-order valence-electron chi connectivity index (χ4n) is 4.71. The average Bonchev–Trinajstić information content (AvgIpc) is 2.65. The van der Waals surface area contributed by atoms with E-state index >= 15 is 0 Å². The molecule has 8 heteroatoms. The summed E-state index contributed by atoms with van der Waals surface area (Å²) in [5.74, 6) is 0.607. The molecule has 0 saturated carbocycles. The number of nitro groups is 1. The van der Waals surface area contributed by atoms with Crippen LogP contribution in [-0.4, -0.2) is 32.0 Å². The summed E-state index contributed by atoms with van der Waals surface area (Å²) in [4.78, 5) is 19.8. The van der Waals surface area contributed by atoms with Crippen LogP contribution in [-0.2, 0) is 0 Å². The topological polar surface area (TPSA) is 102 Å². The maximum absolute atomic E-state index is 12.0. The first kappa shape index (κ1) is 21.0. The van der Waals surface area contributed by atoms with Gasteiger partial charge < -0.3 is 15.4 Å². The van der Waals surface area contributed by atoms with Crippen molar-refractivity contribution in [1.82, 2.24) is 15.3 Å². The van der Waals surface area contributed by atoms with Gasteiger partial charge in [-0.15, -0.1) is 0 Å². The second-order valence-electron chi connectivity index (χ2n) is 9.35. The van der Waals surface area contributed by atoms with Crippen LogP contribution in [0.3, 0.4) is 0 Å². The molecule has 0 bridgehead atoms. The van der Waals surface area contributed by atoms with E-state index in [9.17, 15) is 10.1 Å². The monoisotopic (exact) mass is 421 g/mol. The normalized spacial score (nSPS) is 17.9. The molecule has 0 aliphatic carbocycles. The molecular weight excluding hydrogens is 394 g/mol. The predicted octanol–water partition coefficient (Wildman–Crippen LogP) is 5.05. The lowest BCUT2D eigenvalue weighted by Crippen LogP contribution is -2.60. The molecule has 0 amide bonds. The van der Waals surface area contributed by atoms with Crippen molar-refractivity contribution in [3.63, 3.8) is 0 Å². The van der Waals surface area contributed by atoms with Gasteiger partial charge in [0.2, 0.25) is 5.82 Å². The third-order valence-corrected chi connectivity index (χ3v) is 5.46. The molecule has 1 aliphatic rings. The first-order chi connectivity index (χ1) is 14.6. The molecule has 2 aromatic carbocycles. The van der Waals surface area contributed by atoms with Crippen LogP contribution in [0.1, 0.15) is 40.5 Å². The summed E-state index contributed by atoms with van der Waals surface area (Å²) in [6.07, 6.45) is 2.90. The second-order valence-corrected chi connectivity index (χ2v) is 9.35. The molecule has 162 valence electrons. The van der Waals surface area contributed by atoms with Crippen molar-refractivity contribution in [2.75, 3.05) is 5.32 Å². The molecule has 4 rings (SSSR count). The van der Waals surface area contributed by atoms with Crippen LogP contribution >= 0.6 is 0 Å². The molecule has 1 fully saturated rings. The quantitative estimate of drug-likeness (QED) is 0.439. The summed E-state index contributed by atoms with van der Waals surface area (Å²) in [6, 6.07) is 13.3. The number of rotatable bonds is 5. The zero-order valence-corrected chi connectivity index (χ0v) is 18.2. The van der Waals surface area contributed by atoms with Gasteiger partial charge in [-0.05, 0) is 52.0 Å². The lowest BCUT2D eigenvalue weighted by atomic mass is 9.79. The molecule has 1 aliphatic heterocycles. The van der Waals surface area contributed by atoms with Crippen molar-refractivity contribution in [2.24, 2.45) is 0 Å². The smallest absolute Gasteiger partial charge is 0.373 e. The molecule has 1 saturated heterocycles. The van der Waals surface area contributed by atoms with Gasteiger partial charge in [0.15, 0.2) is 0 Å². The molecule has 0 unspecified atom stereocenters. The molecule has 2 N–H and O–H groups in total. The lowest BCUT2D eigenvalue weighted by Gasteiger charge is -2.46. The van der Waals surface area contributed by atoms with Crippen LogP contribution < -0.4 is 15.4 Å². The van der Waals surface area contributed by atoms with Gasteiger partial charge in [-0.1, -0.05) is 36.4 Å². The number of anilines is 1. The SMILES string of the molecule is CC1(C)CC(Nc2ncnc(Oc3cccc4ccccc34)c2[N+](=O)[O-])CC(C)(C)N1. The van der Waals surface area contributed by atoms with E-state index in [-0.39, 0.29) is 34.5 Å². The molecule has 0 atom stereocenters. The summed E-state index contributed by atoms with van der Waals surface area (Å²) in [7, 11) is 0. The first-order valence-electron chi connectivity index (χ1n) is 10.3. The second kappa shape index (κ2) is 7.77. The van der Waals surface area contributed by atoms with Crippen molar-refractivity contribution in [3.05, 3.63) is 58.9 Å². The van der Waals surface area contributed by atoms with E-state index < -0.39 is 4.92 Å².